The Kier molecular flexibility index (Phi) is 5.15. The summed E-state index contributed by atoms with van der Waals surface area (Å²) >= 11 is 12.1. The van der Waals surface area contributed by atoms with Crippen LogP contribution < -0.4 is 5.32 Å². The van der Waals surface area contributed by atoms with Gasteiger partial charge in [0, 0.05) is 20.2 Å². The number of halogens is 2. The minimum absolute atomic E-state index is 0.466. The van der Waals surface area contributed by atoms with Gasteiger partial charge in [-0.15, -0.1) is 5.10 Å². The zero-order chi connectivity index (χ0) is 13.7. The Morgan fingerprint density at radius 2 is 2.21 bits per heavy atom. The van der Waals surface area contributed by atoms with Gasteiger partial charge in [-0.3, -0.25) is 0 Å². The number of nitrogens with one attached hydrogen (secondary N) is 1. The fourth-order valence-corrected chi connectivity index (χ4v) is 1.94. The third-order valence-electron chi connectivity index (χ3n) is 2.51. The highest BCUT2D eigenvalue weighted by molar-refractivity contribution is 6.43. The standard InChI is InChI=1S/C12H14Cl2N4O/c1-19-6-5-15-7-9-8-18(17-16-9)11-4-2-3-10(13)12(11)14/h2-4,8,15H,5-7H2,1H3. The van der Waals surface area contributed by atoms with Crippen LogP contribution in [0, 0.1) is 0 Å². The molecule has 102 valence electrons. The number of rotatable bonds is 6. The molecule has 0 saturated heterocycles. The van der Waals surface area contributed by atoms with E-state index in [-0.39, 0.29) is 0 Å². The van der Waals surface area contributed by atoms with E-state index in [9.17, 15) is 0 Å². The van der Waals surface area contributed by atoms with Gasteiger partial charge in [0.15, 0.2) is 0 Å². The number of nitrogens with zero attached hydrogens (tertiary/aromatic N) is 3. The van der Waals surface area contributed by atoms with Crippen molar-refractivity contribution >= 4 is 23.2 Å². The molecule has 1 heterocycles. The molecule has 2 rings (SSSR count). The summed E-state index contributed by atoms with van der Waals surface area (Å²) in [6.07, 6.45) is 1.82. The van der Waals surface area contributed by atoms with Crippen molar-refractivity contribution in [1.29, 1.82) is 0 Å². The molecule has 0 spiro atoms. The fraction of sp³-hybridized carbons (Fsp3) is 0.333. The van der Waals surface area contributed by atoms with E-state index in [2.05, 4.69) is 15.6 Å². The van der Waals surface area contributed by atoms with Crippen LogP contribution in [0.3, 0.4) is 0 Å². The number of benzene rings is 1. The molecule has 1 aromatic carbocycles. The molecule has 0 atom stereocenters. The first-order valence-corrected chi connectivity index (χ1v) is 6.53. The zero-order valence-electron chi connectivity index (χ0n) is 10.4. The van der Waals surface area contributed by atoms with Gasteiger partial charge < -0.3 is 10.1 Å². The summed E-state index contributed by atoms with van der Waals surface area (Å²) in [7, 11) is 1.67. The first-order chi connectivity index (χ1) is 9.22. The molecule has 0 fully saturated rings. The van der Waals surface area contributed by atoms with Gasteiger partial charge in [0.1, 0.15) is 0 Å². The average Bonchev–Trinajstić information content (AvgIpc) is 2.87. The molecule has 1 N–H and O–H groups in total. The maximum atomic E-state index is 6.13. The molecule has 0 bridgehead atoms. The van der Waals surface area contributed by atoms with Gasteiger partial charge in [0.25, 0.3) is 0 Å². The molecule has 2 aromatic rings. The SMILES string of the molecule is COCCNCc1cn(-c2cccc(Cl)c2Cl)nn1. The van der Waals surface area contributed by atoms with Crippen molar-refractivity contribution in [3.63, 3.8) is 0 Å². The molecule has 0 amide bonds. The van der Waals surface area contributed by atoms with Crippen molar-refractivity contribution in [2.24, 2.45) is 0 Å². The van der Waals surface area contributed by atoms with Crippen molar-refractivity contribution in [3.8, 4) is 5.69 Å². The molecule has 7 heteroatoms. The number of ether oxygens (including phenoxy) is 1. The van der Waals surface area contributed by atoms with Crippen LogP contribution in [0.2, 0.25) is 10.0 Å². The van der Waals surface area contributed by atoms with Gasteiger partial charge >= 0.3 is 0 Å². The van der Waals surface area contributed by atoms with E-state index in [1.54, 1.807) is 17.9 Å². The number of hydrogen-bond donors (Lipinski definition) is 1. The van der Waals surface area contributed by atoms with Gasteiger partial charge in [0.2, 0.25) is 0 Å². The molecular weight excluding hydrogens is 287 g/mol. The van der Waals surface area contributed by atoms with Crippen molar-refractivity contribution in [3.05, 3.63) is 40.1 Å². The Morgan fingerprint density at radius 3 is 3.00 bits per heavy atom. The Morgan fingerprint density at radius 1 is 1.37 bits per heavy atom. The van der Waals surface area contributed by atoms with Crippen LogP contribution in [-0.4, -0.2) is 35.3 Å². The highest BCUT2D eigenvalue weighted by Gasteiger charge is 2.08. The van der Waals surface area contributed by atoms with Crippen LogP contribution in [0.5, 0.6) is 0 Å². The lowest BCUT2D eigenvalue weighted by atomic mass is 10.3. The molecule has 0 aliphatic rings. The zero-order valence-corrected chi connectivity index (χ0v) is 11.9. The van der Waals surface area contributed by atoms with Gasteiger partial charge in [0.05, 0.1) is 34.2 Å². The summed E-state index contributed by atoms with van der Waals surface area (Å²) in [5, 5.41) is 12.3. The van der Waals surface area contributed by atoms with E-state index in [1.165, 1.54) is 0 Å². The lowest BCUT2D eigenvalue weighted by molar-refractivity contribution is 0.199. The van der Waals surface area contributed by atoms with E-state index in [4.69, 9.17) is 27.9 Å². The molecule has 5 nitrogen and oxygen atoms in total. The Labute approximate surface area is 121 Å². The van der Waals surface area contributed by atoms with Gasteiger partial charge in [-0.25, -0.2) is 4.68 Å². The van der Waals surface area contributed by atoms with Crippen molar-refractivity contribution in [2.45, 2.75) is 6.54 Å². The summed E-state index contributed by atoms with van der Waals surface area (Å²) in [4.78, 5) is 0. The van der Waals surface area contributed by atoms with Gasteiger partial charge in [-0.1, -0.05) is 34.5 Å². The second kappa shape index (κ2) is 6.86. The summed E-state index contributed by atoms with van der Waals surface area (Å²) in [6.45, 7) is 2.05. The lowest BCUT2D eigenvalue weighted by Crippen LogP contribution is -2.18. The Balaban J connectivity index is 2.06. The highest BCUT2D eigenvalue weighted by atomic mass is 35.5. The minimum Gasteiger partial charge on any atom is -0.383 e. The number of aromatic nitrogens is 3. The second-order valence-corrected chi connectivity index (χ2v) is 4.68. The highest BCUT2D eigenvalue weighted by Crippen LogP contribution is 2.27. The number of hydrogen-bond acceptors (Lipinski definition) is 4. The van der Waals surface area contributed by atoms with E-state index < -0.39 is 0 Å². The first-order valence-electron chi connectivity index (χ1n) is 5.77. The Bertz CT molecular complexity index is 544. The molecule has 0 aliphatic carbocycles. The van der Waals surface area contributed by atoms with Crippen molar-refractivity contribution < 1.29 is 4.74 Å². The fourth-order valence-electron chi connectivity index (χ4n) is 1.56. The third kappa shape index (κ3) is 3.67. The van der Waals surface area contributed by atoms with Gasteiger partial charge in [-0.2, -0.15) is 0 Å². The van der Waals surface area contributed by atoms with Crippen molar-refractivity contribution in [2.75, 3.05) is 20.3 Å². The largest absolute Gasteiger partial charge is 0.383 e. The molecular formula is C12H14Cl2N4O. The van der Waals surface area contributed by atoms with E-state index >= 15 is 0 Å². The van der Waals surface area contributed by atoms with Gasteiger partial charge in [-0.05, 0) is 12.1 Å². The van der Waals surface area contributed by atoms with E-state index in [1.807, 2.05) is 18.3 Å². The molecule has 0 saturated carbocycles. The van der Waals surface area contributed by atoms with Crippen LogP contribution in [0.1, 0.15) is 5.69 Å². The first kappa shape index (κ1) is 14.3. The smallest absolute Gasteiger partial charge is 0.0969 e. The van der Waals surface area contributed by atoms with Crippen LogP contribution in [0.4, 0.5) is 0 Å². The summed E-state index contributed by atoms with van der Waals surface area (Å²) in [5.74, 6) is 0. The van der Waals surface area contributed by atoms with Crippen LogP contribution in [0.15, 0.2) is 24.4 Å². The minimum atomic E-state index is 0.466. The molecule has 1 aromatic heterocycles. The Hall–Kier alpha value is -1.14. The number of methoxy groups -OCH3 is 1. The van der Waals surface area contributed by atoms with Crippen LogP contribution >= 0.6 is 23.2 Å². The molecule has 0 aliphatic heterocycles. The molecule has 0 radical (unpaired) electrons. The maximum absolute atomic E-state index is 6.13. The predicted molar refractivity (Wildman–Crippen MR) is 75.0 cm³/mol. The maximum Gasteiger partial charge on any atom is 0.0969 e. The predicted octanol–water partition coefficient (Wildman–Crippen LogP) is 2.31. The summed E-state index contributed by atoms with van der Waals surface area (Å²) in [6, 6.07) is 5.39. The summed E-state index contributed by atoms with van der Waals surface area (Å²) < 4.78 is 6.56. The van der Waals surface area contributed by atoms with E-state index in [0.717, 1.165) is 12.2 Å². The third-order valence-corrected chi connectivity index (χ3v) is 3.32. The quantitative estimate of drug-likeness (QED) is 0.832. The van der Waals surface area contributed by atoms with E-state index in [0.29, 0.717) is 28.9 Å². The molecule has 0 unspecified atom stereocenters. The van der Waals surface area contributed by atoms with Crippen LogP contribution in [-0.2, 0) is 11.3 Å². The summed E-state index contributed by atoms with van der Waals surface area (Å²) in [5.41, 5.74) is 1.54. The van der Waals surface area contributed by atoms with Crippen LogP contribution in [0.25, 0.3) is 5.69 Å². The average molecular weight is 301 g/mol. The van der Waals surface area contributed by atoms with Crippen molar-refractivity contribution in [1.82, 2.24) is 20.3 Å². The topological polar surface area (TPSA) is 52.0 Å². The normalized spacial score (nSPS) is 10.9. The molecule has 19 heavy (non-hydrogen) atoms. The lowest BCUT2D eigenvalue weighted by Gasteiger charge is -2.04. The second-order valence-electron chi connectivity index (χ2n) is 3.90. The monoisotopic (exact) mass is 300 g/mol.